The summed E-state index contributed by atoms with van der Waals surface area (Å²) in [5.41, 5.74) is 2.47. The van der Waals surface area contributed by atoms with Crippen molar-refractivity contribution < 1.29 is 4.79 Å². The van der Waals surface area contributed by atoms with Crippen LogP contribution in [0.2, 0.25) is 0 Å². The average Bonchev–Trinajstić information content (AvgIpc) is 3.32. The average molecular weight is 418 g/mol. The third-order valence-electron chi connectivity index (χ3n) is 4.41. The second-order valence-corrected chi connectivity index (χ2v) is 9.14. The summed E-state index contributed by atoms with van der Waals surface area (Å²) < 4.78 is 0.224. The minimum Gasteiger partial charge on any atom is -0.357 e. The summed E-state index contributed by atoms with van der Waals surface area (Å²) in [5.74, 6) is 0.727. The lowest BCUT2D eigenvalue weighted by molar-refractivity contribution is 0.0957. The SMILES string of the molecule is CCNC(=NCC1(Sc2ccccc2)CC1)NCCNC(=O)c1scnc1C. The molecular formula is C20H27N5OS2. The van der Waals surface area contributed by atoms with Gasteiger partial charge in [-0.3, -0.25) is 9.79 Å². The number of nitrogens with one attached hydrogen (secondary N) is 3. The van der Waals surface area contributed by atoms with Crippen LogP contribution in [0.4, 0.5) is 0 Å². The predicted molar refractivity (Wildman–Crippen MR) is 117 cm³/mol. The van der Waals surface area contributed by atoms with Crippen molar-refractivity contribution in [1.29, 1.82) is 0 Å². The fourth-order valence-corrected chi connectivity index (χ4v) is 4.64. The molecule has 0 bridgehead atoms. The van der Waals surface area contributed by atoms with E-state index in [1.165, 1.54) is 29.1 Å². The molecule has 1 saturated carbocycles. The first-order chi connectivity index (χ1) is 13.6. The summed E-state index contributed by atoms with van der Waals surface area (Å²) in [6.45, 7) is 6.64. The zero-order valence-electron chi connectivity index (χ0n) is 16.3. The molecule has 1 aliphatic rings. The molecule has 1 aromatic heterocycles. The largest absolute Gasteiger partial charge is 0.357 e. The van der Waals surface area contributed by atoms with Crippen LogP contribution in [-0.2, 0) is 0 Å². The van der Waals surface area contributed by atoms with Crippen LogP contribution >= 0.6 is 23.1 Å². The van der Waals surface area contributed by atoms with Crippen molar-refractivity contribution >= 4 is 35.0 Å². The number of hydrogen-bond acceptors (Lipinski definition) is 5. The van der Waals surface area contributed by atoms with Gasteiger partial charge >= 0.3 is 0 Å². The van der Waals surface area contributed by atoms with Crippen molar-refractivity contribution in [2.75, 3.05) is 26.2 Å². The van der Waals surface area contributed by atoms with E-state index in [2.05, 4.69) is 52.1 Å². The van der Waals surface area contributed by atoms with E-state index >= 15 is 0 Å². The van der Waals surface area contributed by atoms with E-state index in [0.29, 0.717) is 18.0 Å². The minimum absolute atomic E-state index is 0.0695. The van der Waals surface area contributed by atoms with Crippen molar-refractivity contribution in [2.45, 2.75) is 36.3 Å². The predicted octanol–water partition coefficient (Wildman–Crippen LogP) is 3.06. The maximum Gasteiger partial charge on any atom is 0.263 e. The van der Waals surface area contributed by atoms with Gasteiger partial charge < -0.3 is 16.0 Å². The normalized spacial score (nSPS) is 15.1. The minimum atomic E-state index is -0.0695. The first-order valence-corrected chi connectivity index (χ1v) is 11.3. The fourth-order valence-electron chi connectivity index (χ4n) is 2.69. The summed E-state index contributed by atoms with van der Waals surface area (Å²) in [4.78, 5) is 23.0. The maximum atomic E-state index is 12.1. The molecule has 3 N–H and O–H groups in total. The number of rotatable bonds is 9. The van der Waals surface area contributed by atoms with Gasteiger partial charge in [-0.25, -0.2) is 4.98 Å². The highest BCUT2D eigenvalue weighted by Gasteiger charge is 2.43. The fraction of sp³-hybridized carbons (Fsp3) is 0.450. The van der Waals surface area contributed by atoms with E-state index in [1.54, 1.807) is 5.51 Å². The Labute approximate surface area is 174 Å². The van der Waals surface area contributed by atoms with E-state index in [4.69, 9.17) is 4.99 Å². The molecule has 0 aliphatic heterocycles. The van der Waals surface area contributed by atoms with Crippen molar-refractivity contribution in [3.05, 3.63) is 46.4 Å². The molecule has 0 unspecified atom stereocenters. The van der Waals surface area contributed by atoms with Gasteiger partial charge in [0, 0.05) is 29.3 Å². The van der Waals surface area contributed by atoms with Crippen LogP contribution in [0.5, 0.6) is 0 Å². The Morgan fingerprint density at radius 2 is 1.96 bits per heavy atom. The van der Waals surface area contributed by atoms with Crippen LogP contribution in [-0.4, -0.2) is 47.8 Å². The lowest BCUT2D eigenvalue weighted by atomic mass is 10.4. The molecule has 0 atom stereocenters. The molecule has 3 rings (SSSR count). The lowest BCUT2D eigenvalue weighted by Gasteiger charge is -2.15. The number of carbonyl (C=O) groups excluding carboxylic acids is 1. The van der Waals surface area contributed by atoms with Crippen LogP contribution < -0.4 is 16.0 Å². The molecule has 0 saturated heterocycles. The molecule has 0 spiro atoms. The Morgan fingerprint density at radius 1 is 1.21 bits per heavy atom. The molecule has 1 aromatic carbocycles. The first-order valence-electron chi connectivity index (χ1n) is 9.56. The number of nitrogens with zero attached hydrogens (tertiary/aromatic N) is 2. The zero-order valence-corrected chi connectivity index (χ0v) is 18.0. The Morgan fingerprint density at radius 3 is 2.61 bits per heavy atom. The van der Waals surface area contributed by atoms with E-state index < -0.39 is 0 Å². The number of amides is 1. The molecule has 1 aliphatic carbocycles. The van der Waals surface area contributed by atoms with Gasteiger partial charge in [0.2, 0.25) is 0 Å². The highest BCUT2D eigenvalue weighted by molar-refractivity contribution is 8.01. The van der Waals surface area contributed by atoms with Crippen molar-refractivity contribution in [1.82, 2.24) is 20.9 Å². The van der Waals surface area contributed by atoms with Gasteiger partial charge in [0.25, 0.3) is 5.91 Å². The topological polar surface area (TPSA) is 78.4 Å². The number of thioether (sulfide) groups is 1. The number of aromatic nitrogens is 1. The quantitative estimate of drug-likeness (QED) is 0.332. The summed E-state index contributed by atoms with van der Waals surface area (Å²) in [7, 11) is 0. The standard InChI is InChI=1S/C20H27N5OS2/c1-3-21-19(23-12-11-22-18(26)17-15(2)25-14-27-17)24-13-20(9-10-20)28-16-7-5-4-6-8-16/h4-8,14H,3,9-13H2,1-2H3,(H,22,26)(H2,21,23,24). The molecule has 28 heavy (non-hydrogen) atoms. The third kappa shape index (κ3) is 5.97. The smallest absolute Gasteiger partial charge is 0.263 e. The molecule has 1 amide bonds. The van der Waals surface area contributed by atoms with Gasteiger partial charge in [0.15, 0.2) is 5.96 Å². The maximum absolute atomic E-state index is 12.1. The number of guanidine groups is 1. The monoisotopic (exact) mass is 417 g/mol. The van der Waals surface area contributed by atoms with E-state index in [0.717, 1.165) is 24.7 Å². The summed E-state index contributed by atoms with van der Waals surface area (Å²) in [6, 6.07) is 10.5. The van der Waals surface area contributed by atoms with E-state index in [1.807, 2.05) is 24.8 Å². The van der Waals surface area contributed by atoms with Gasteiger partial charge in [0.1, 0.15) is 4.88 Å². The Balaban J connectivity index is 1.45. The van der Waals surface area contributed by atoms with Crippen LogP contribution in [0, 0.1) is 6.92 Å². The zero-order chi connectivity index (χ0) is 19.8. The molecule has 1 fully saturated rings. The van der Waals surface area contributed by atoms with Crippen LogP contribution in [0.25, 0.3) is 0 Å². The Bertz CT molecular complexity index is 802. The molecule has 1 heterocycles. The highest BCUT2D eigenvalue weighted by Crippen LogP contribution is 2.51. The van der Waals surface area contributed by atoms with Crippen molar-refractivity contribution in [3.8, 4) is 0 Å². The number of benzene rings is 1. The van der Waals surface area contributed by atoms with E-state index in [-0.39, 0.29) is 10.7 Å². The summed E-state index contributed by atoms with van der Waals surface area (Å²) in [5, 5.41) is 9.51. The summed E-state index contributed by atoms with van der Waals surface area (Å²) in [6.07, 6.45) is 2.39. The second kappa shape index (κ2) is 9.93. The van der Waals surface area contributed by atoms with Crippen LogP contribution in [0.15, 0.2) is 45.7 Å². The van der Waals surface area contributed by atoms with Gasteiger partial charge in [0.05, 0.1) is 17.7 Å². The van der Waals surface area contributed by atoms with Crippen LogP contribution in [0.1, 0.15) is 35.1 Å². The summed E-state index contributed by atoms with van der Waals surface area (Å²) >= 11 is 3.29. The molecule has 6 nitrogen and oxygen atoms in total. The van der Waals surface area contributed by atoms with Gasteiger partial charge in [-0.15, -0.1) is 23.1 Å². The van der Waals surface area contributed by atoms with Crippen LogP contribution in [0.3, 0.4) is 0 Å². The molecule has 8 heteroatoms. The number of hydrogen-bond donors (Lipinski definition) is 3. The Kier molecular flexibility index (Phi) is 7.33. The van der Waals surface area contributed by atoms with Crippen molar-refractivity contribution in [2.24, 2.45) is 4.99 Å². The van der Waals surface area contributed by atoms with E-state index in [9.17, 15) is 4.79 Å². The molecule has 150 valence electrons. The van der Waals surface area contributed by atoms with Gasteiger partial charge in [-0.2, -0.15) is 0 Å². The third-order valence-corrected chi connectivity index (χ3v) is 6.82. The molecule has 2 aromatic rings. The molecule has 0 radical (unpaired) electrons. The Hall–Kier alpha value is -2.06. The number of aryl methyl sites for hydroxylation is 1. The highest BCUT2D eigenvalue weighted by atomic mass is 32.2. The van der Waals surface area contributed by atoms with Crippen molar-refractivity contribution in [3.63, 3.8) is 0 Å². The van der Waals surface area contributed by atoms with Gasteiger partial charge in [-0.05, 0) is 38.8 Å². The number of thiazole rings is 1. The molecular weight excluding hydrogens is 390 g/mol. The van der Waals surface area contributed by atoms with Gasteiger partial charge in [-0.1, -0.05) is 18.2 Å². The first kappa shape index (κ1) is 20.7. The number of carbonyl (C=O) groups is 1. The lowest BCUT2D eigenvalue weighted by Crippen LogP contribution is -2.42. The number of aliphatic imine (C=N–C) groups is 1. The second-order valence-electron chi connectivity index (χ2n) is 6.74.